The number of hydrogen-bond acceptors (Lipinski definition) is 4. The highest BCUT2D eigenvalue weighted by Crippen LogP contribution is 2.32. The highest BCUT2D eigenvalue weighted by atomic mass is 16.5. The molecule has 1 amide bonds. The number of rotatable bonds is 13. The Kier molecular flexibility index (Phi) is 9.51. The van der Waals surface area contributed by atoms with Gasteiger partial charge in [-0.2, -0.15) is 0 Å². The monoisotopic (exact) mass is 489 g/mol. The minimum Gasteiger partial charge on any atom is -0.493 e. The first-order chi connectivity index (χ1) is 17.4. The maximum atomic E-state index is 12.7. The van der Waals surface area contributed by atoms with Gasteiger partial charge in [0.25, 0.3) is 11.6 Å². The molecule has 0 fully saturated rings. The molecule has 0 aliphatic heterocycles. The molecule has 0 aliphatic rings. The molecule has 0 radical (unpaired) electrons. The Morgan fingerprint density at radius 2 is 1.44 bits per heavy atom. The lowest BCUT2D eigenvalue weighted by Gasteiger charge is -2.31. The van der Waals surface area contributed by atoms with E-state index in [0.717, 1.165) is 42.6 Å². The summed E-state index contributed by atoms with van der Waals surface area (Å²) in [5, 5.41) is 12.6. The van der Waals surface area contributed by atoms with E-state index in [1.807, 2.05) is 19.9 Å². The molecular formula is C30H35NO5. The van der Waals surface area contributed by atoms with Gasteiger partial charge in [0.15, 0.2) is 0 Å². The third-order valence-electron chi connectivity index (χ3n) is 6.38. The van der Waals surface area contributed by atoms with Gasteiger partial charge >= 0.3 is 5.97 Å². The number of aliphatic carboxylic acids is 1. The van der Waals surface area contributed by atoms with Crippen LogP contribution in [0.5, 0.6) is 11.5 Å². The molecule has 190 valence electrons. The van der Waals surface area contributed by atoms with Crippen LogP contribution in [0.3, 0.4) is 0 Å². The summed E-state index contributed by atoms with van der Waals surface area (Å²) in [6, 6.07) is 22.4. The second-order valence-corrected chi connectivity index (χ2v) is 8.86. The lowest BCUT2D eigenvalue weighted by Crippen LogP contribution is -2.58. The number of benzene rings is 3. The van der Waals surface area contributed by atoms with Crippen molar-refractivity contribution in [3.05, 3.63) is 95.1 Å². The zero-order valence-electron chi connectivity index (χ0n) is 21.3. The second-order valence-electron chi connectivity index (χ2n) is 8.86. The van der Waals surface area contributed by atoms with Crippen molar-refractivity contribution in [1.82, 2.24) is 5.32 Å². The fourth-order valence-corrected chi connectivity index (χ4v) is 3.94. The molecule has 6 nitrogen and oxygen atoms in total. The molecule has 0 saturated carbocycles. The Morgan fingerprint density at radius 1 is 0.833 bits per heavy atom. The van der Waals surface area contributed by atoms with Crippen molar-refractivity contribution in [2.24, 2.45) is 0 Å². The number of aryl methyl sites for hydroxylation is 1. The van der Waals surface area contributed by atoms with Crippen molar-refractivity contribution in [1.29, 1.82) is 0 Å². The summed E-state index contributed by atoms with van der Waals surface area (Å²) < 4.78 is 12.0. The molecule has 0 aliphatic carbocycles. The number of nitrogens with one attached hydrogen (secondary N) is 1. The number of hydrogen-bond donors (Lipinski definition) is 2. The van der Waals surface area contributed by atoms with Crippen LogP contribution in [-0.4, -0.2) is 29.3 Å². The molecular weight excluding hydrogens is 454 g/mol. The predicted octanol–water partition coefficient (Wildman–Crippen LogP) is 6.09. The van der Waals surface area contributed by atoms with Gasteiger partial charge < -0.3 is 19.9 Å². The number of ether oxygens (including phenoxy) is 2. The lowest BCUT2D eigenvalue weighted by atomic mass is 10.1. The largest absolute Gasteiger partial charge is 0.493 e. The number of unbranched alkanes of at least 4 members (excludes halogenated alkanes) is 2. The zero-order valence-corrected chi connectivity index (χ0v) is 21.3. The average molecular weight is 490 g/mol. The van der Waals surface area contributed by atoms with Crippen LogP contribution in [0.1, 0.15) is 59.7 Å². The number of carbonyl (C=O) groups excluding carboxylic acids is 1. The highest BCUT2D eigenvalue weighted by molar-refractivity contribution is 5.97. The van der Waals surface area contributed by atoms with Crippen molar-refractivity contribution < 1.29 is 24.2 Å². The van der Waals surface area contributed by atoms with Gasteiger partial charge in [-0.3, -0.25) is 4.79 Å². The van der Waals surface area contributed by atoms with Gasteiger partial charge in [-0.25, -0.2) is 4.79 Å². The molecule has 0 spiro atoms. The van der Waals surface area contributed by atoms with Crippen LogP contribution in [0, 0.1) is 13.8 Å². The van der Waals surface area contributed by atoms with E-state index >= 15 is 0 Å². The van der Waals surface area contributed by atoms with E-state index < -0.39 is 17.6 Å². The van der Waals surface area contributed by atoms with Crippen molar-refractivity contribution in [3.63, 3.8) is 0 Å². The van der Waals surface area contributed by atoms with E-state index in [0.29, 0.717) is 17.9 Å². The Bertz CT molecular complexity index is 1150. The van der Waals surface area contributed by atoms with E-state index in [9.17, 15) is 14.7 Å². The van der Waals surface area contributed by atoms with Crippen LogP contribution in [0.25, 0.3) is 0 Å². The van der Waals surface area contributed by atoms with Crippen molar-refractivity contribution in [3.8, 4) is 11.5 Å². The SMILES string of the molecule is CCC(NC(=O)c1ccccc1)(Oc1ccc(OCCCCCc2ccccc2)c(C)c1C)C(=O)O. The predicted molar refractivity (Wildman–Crippen MR) is 141 cm³/mol. The summed E-state index contributed by atoms with van der Waals surface area (Å²) in [5.74, 6) is -0.641. The molecule has 3 aromatic rings. The van der Waals surface area contributed by atoms with E-state index in [-0.39, 0.29) is 6.42 Å². The quantitative estimate of drug-likeness (QED) is 0.224. The first kappa shape index (κ1) is 26.8. The van der Waals surface area contributed by atoms with Gasteiger partial charge in [-0.05, 0) is 80.5 Å². The smallest absolute Gasteiger partial charge is 0.370 e. The summed E-state index contributed by atoms with van der Waals surface area (Å²) in [7, 11) is 0. The standard InChI is InChI=1S/C30H35NO5/c1-4-30(29(33)34,31-28(32)25-17-11-6-12-18-25)36-27-20-19-26(22(2)23(27)3)35-21-13-7-10-16-24-14-8-5-9-15-24/h5-6,8-9,11-12,14-15,17-20H,4,7,10,13,16,21H2,1-3H3,(H,31,32)(H,33,34). The normalized spacial score (nSPS) is 12.4. The maximum absolute atomic E-state index is 12.7. The first-order valence-electron chi connectivity index (χ1n) is 12.4. The van der Waals surface area contributed by atoms with Gasteiger partial charge in [0, 0.05) is 12.0 Å². The van der Waals surface area contributed by atoms with Gasteiger partial charge in [-0.1, -0.05) is 55.5 Å². The summed E-state index contributed by atoms with van der Waals surface area (Å²) in [6.07, 6.45) is 4.25. The Hall–Kier alpha value is -3.80. The molecule has 0 aromatic heterocycles. The molecule has 3 aromatic carbocycles. The van der Waals surface area contributed by atoms with Crippen LogP contribution < -0.4 is 14.8 Å². The summed E-state index contributed by atoms with van der Waals surface area (Å²) in [6.45, 7) is 6.05. The van der Waals surface area contributed by atoms with E-state index in [2.05, 4.69) is 29.6 Å². The molecule has 6 heteroatoms. The third-order valence-corrected chi connectivity index (χ3v) is 6.38. The number of amides is 1. The molecule has 3 rings (SSSR count). The first-order valence-corrected chi connectivity index (χ1v) is 12.4. The fourth-order valence-electron chi connectivity index (χ4n) is 3.94. The van der Waals surface area contributed by atoms with E-state index in [4.69, 9.17) is 9.47 Å². The molecule has 1 unspecified atom stereocenters. The fraction of sp³-hybridized carbons (Fsp3) is 0.333. The topological polar surface area (TPSA) is 84.9 Å². The van der Waals surface area contributed by atoms with Crippen molar-refractivity contribution >= 4 is 11.9 Å². The zero-order chi connectivity index (χ0) is 26.0. The van der Waals surface area contributed by atoms with Crippen LogP contribution in [-0.2, 0) is 11.2 Å². The van der Waals surface area contributed by atoms with Crippen LogP contribution >= 0.6 is 0 Å². The third kappa shape index (κ3) is 6.87. The van der Waals surface area contributed by atoms with Crippen LogP contribution in [0.15, 0.2) is 72.8 Å². The van der Waals surface area contributed by atoms with Crippen LogP contribution in [0.2, 0.25) is 0 Å². The minimum atomic E-state index is -1.90. The van der Waals surface area contributed by atoms with Crippen LogP contribution in [0.4, 0.5) is 0 Å². The van der Waals surface area contributed by atoms with Gasteiger partial charge in [-0.15, -0.1) is 0 Å². The molecule has 2 N–H and O–H groups in total. The van der Waals surface area contributed by atoms with E-state index in [1.54, 1.807) is 49.4 Å². The van der Waals surface area contributed by atoms with Crippen molar-refractivity contribution in [2.75, 3.05) is 6.61 Å². The van der Waals surface area contributed by atoms with E-state index in [1.165, 1.54) is 5.56 Å². The Morgan fingerprint density at radius 3 is 2.08 bits per heavy atom. The molecule has 1 atom stereocenters. The Labute approximate surface area is 213 Å². The summed E-state index contributed by atoms with van der Waals surface area (Å²) in [4.78, 5) is 25.0. The summed E-state index contributed by atoms with van der Waals surface area (Å²) >= 11 is 0. The lowest BCUT2D eigenvalue weighted by molar-refractivity contribution is -0.158. The van der Waals surface area contributed by atoms with Gasteiger partial charge in [0.1, 0.15) is 11.5 Å². The molecule has 0 saturated heterocycles. The average Bonchev–Trinajstić information content (AvgIpc) is 2.90. The molecule has 0 bridgehead atoms. The highest BCUT2D eigenvalue weighted by Gasteiger charge is 2.42. The molecule has 36 heavy (non-hydrogen) atoms. The maximum Gasteiger partial charge on any atom is 0.370 e. The minimum absolute atomic E-state index is 0.0423. The number of carboxylic acids is 1. The Balaban J connectivity index is 1.61. The second kappa shape index (κ2) is 12.8. The number of carbonyl (C=O) groups is 2. The van der Waals surface area contributed by atoms with Gasteiger partial charge in [0.05, 0.1) is 6.61 Å². The molecule has 0 heterocycles. The van der Waals surface area contributed by atoms with Crippen molar-refractivity contribution in [2.45, 2.75) is 58.6 Å². The summed E-state index contributed by atoms with van der Waals surface area (Å²) in [5.41, 5.74) is 1.46. The van der Waals surface area contributed by atoms with Gasteiger partial charge in [0.2, 0.25) is 0 Å². The number of carboxylic acid groups (broad SMARTS) is 1.